The van der Waals surface area contributed by atoms with Crippen LogP contribution in [0.2, 0.25) is 0 Å². The van der Waals surface area contributed by atoms with Crippen LogP contribution in [-0.4, -0.2) is 45.8 Å². The van der Waals surface area contributed by atoms with Gasteiger partial charge in [-0.2, -0.15) is 0 Å². The number of methoxy groups -OCH3 is 2. The first-order chi connectivity index (χ1) is 12.5. The van der Waals surface area contributed by atoms with Crippen molar-refractivity contribution in [2.45, 2.75) is 26.7 Å². The lowest BCUT2D eigenvalue weighted by atomic mass is 9.91. The van der Waals surface area contributed by atoms with E-state index in [9.17, 15) is 0 Å². The molecule has 0 saturated carbocycles. The molecule has 140 valence electrons. The number of likely N-dealkylation sites (N-methyl/N-ethyl adjacent to an activating group) is 1. The molecule has 3 rings (SSSR count). The average molecular weight is 354 g/mol. The van der Waals surface area contributed by atoms with E-state index in [0.717, 1.165) is 55.1 Å². The molecule has 0 atom stereocenters. The van der Waals surface area contributed by atoms with E-state index in [0.29, 0.717) is 0 Å². The summed E-state index contributed by atoms with van der Waals surface area (Å²) in [7, 11) is 5.58. The SMILES string of the molecule is COc1cc(C2=CN(C)CC(C)=C2C)cc(OC)c1C=C1CCNCC1. The molecule has 1 N–H and O–H groups in total. The molecular weight excluding hydrogens is 324 g/mol. The van der Waals surface area contributed by atoms with Crippen LogP contribution in [0.25, 0.3) is 11.6 Å². The van der Waals surface area contributed by atoms with E-state index in [1.165, 1.54) is 22.3 Å². The molecule has 0 aliphatic carbocycles. The van der Waals surface area contributed by atoms with Gasteiger partial charge in [-0.25, -0.2) is 0 Å². The van der Waals surface area contributed by atoms with E-state index < -0.39 is 0 Å². The van der Waals surface area contributed by atoms with Gasteiger partial charge in [0.2, 0.25) is 0 Å². The minimum Gasteiger partial charge on any atom is -0.496 e. The molecular formula is C22H30N2O2. The fourth-order valence-corrected chi connectivity index (χ4v) is 3.71. The Hall–Kier alpha value is -2.20. The summed E-state index contributed by atoms with van der Waals surface area (Å²) in [6.07, 6.45) is 6.61. The number of hydrogen-bond donors (Lipinski definition) is 1. The van der Waals surface area contributed by atoms with Crippen LogP contribution >= 0.6 is 0 Å². The maximum atomic E-state index is 5.75. The van der Waals surface area contributed by atoms with Crippen LogP contribution in [0.3, 0.4) is 0 Å². The standard InChI is InChI=1S/C22H30N2O2/c1-15-13-24(3)14-20(16(15)2)18-11-21(25-4)19(22(12-18)26-5)10-17-6-8-23-9-7-17/h10-12,14,23H,6-9,13H2,1-5H3. The van der Waals surface area contributed by atoms with Gasteiger partial charge in [-0.05, 0) is 69.1 Å². The number of nitrogens with one attached hydrogen (secondary N) is 1. The number of hydrogen-bond acceptors (Lipinski definition) is 4. The lowest BCUT2D eigenvalue weighted by Crippen LogP contribution is -2.23. The van der Waals surface area contributed by atoms with Crippen molar-refractivity contribution < 1.29 is 9.47 Å². The predicted molar refractivity (Wildman–Crippen MR) is 109 cm³/mol. The molecule has 4 heteroatoms. The number of rotatable bonds is 4. The lowest BCUT2D eigenvalue weighted by molar-refractivity contribution is 0.392. The van der Waals surface area contributed by atoms with Gasteiger partial charge in [0.25, 0.3) is 0 Å². The van der Waals surface area contributed by atoms with Gasteiger partial charge in [-0.15, -0.1) is 0 Å². The molecule has 1 aromatic rings. The molecule has 1 fully saturated rings. The third-order valence-corrected chi connectivity index (χ3v) is 5.33. The van der Waals surface area contributed by atoms with Gasteiger partial charge in [-0.3, -0.25) is 0 Å². The molecule has 2 aliphatic heterocycles. The summed E-state index contributed by atoms with van der Waals surface area (Å²) in [4.78, 5) is 2.22. The number of nitrogens with zero attached hydrogens (tertiary/aromatic N) is 1. The molecule has 0 aromatic heterocycles. The molecule has 2 heterocycles. The molecule has 0 radical (unpaired) electrons. The van der Waals surface area contributed by atoms with E-state index in [2.05, 4.69) is 55.5 Å². The Labute approximate surface area is 157 Å². The normalized spacial score (nSPS) is 18.0. The Bertz CT molecular complexity index is 741. The molecule has 0 amide bonds. The highest BCUT2D eigenvalue weighted by Crippen LogP contribution is 2.39. The number of benzene rings is 1. The van der Waals surface area contributed by atoms with Crippen molar-refractivity contribution in [2.75, 3.05) is 40.9 Å². The highest BCUT2D eigenvalue weighted by molar-refractivity contribution is 5.83. The molecule has 4 nitrogen and oxygen atoms in total. The van der Waals surface area contributed by atoms with Crippen molar-refractivity contribution in [2.24, 2.45) is 0 Å². The van der Waals surface area contributed by atoms with E-state index in [4.69, 9.17) is 9.47 Å². The summed E-state index contributed by atoms with van der Waals surface area (Å²) in [5.41, 5.74) is 7.57. The summed E-state index contributed by atoms with van der Waals surface area (Å²) in [5, 5.41) is 3.40. The van der Waals surface area contributed by atoms with Crippen LogP contribution in [-0.2, 0) is 0 Å². The van der Waals surface area contributed by atoms with Crippen LogP contribution in [0.5, 0.6) is 11.5 Å². The van der Waals surface area contributed by atoms with E-state index in [-0.39, 0.29) is 0 Å². The number of piperidine rings is 1. The minimum atomic E-state index is 0.866. The second-order valence-electron chi connectivity index (χ2n) is 7.21. The van der Waals surface area contributed by atoms with Gasteiger partial charge in [-0.1, -0.05) is 11.1 Å². The zero-order chi connectivity index (χ0) is 18.7. The fourth-order valence-electron chi connectivity index (χ4n) is 3.71. The quantitative estimate of drug-likeness (QED) is 0.883. The Kier molecular flexibility index (Phi) is 5.72. The molecule has 1 saturated heterocycles. The molecule has 0 spiro atoms. The monoisotopic (exact) mass is 354 g/mol. The second kappa shape index (κ2) is 8.00. The Morgan fingerprint density at radius 3 is 2.23 bits per heavy atom. The van der Waals surface area contributed by atoms with Crippen molar-refractivity contribution >= 4 is 11.6 Å². The number of ether oxygens (including phenoxy) is 2. The van der Waals surface area contributed by atoms with Crippen LogP contribution in [0.4, 0.5) is 0 Å². The predicted octanol–water partition coefficient (Wildman–Crippen LogP) is 4.09. The van der Waals surface area contributed by atoms with Crippen molar-refractivity contribution in [3.05, 3.63) is 46.2 Å². The van der Waals surface area contributed by atoms with Crippen molar-refractivity contribution in [3.63, 3.8) is 0 Å². The Morgan fingerprint density at radius 1 is 1.04 bits per heavy atom. The first kappa shape index (κ1) is 18.6. The Balaban J connectivity index is 2.07. The van der Waals surface area contributed by atoms with Gasteiger partial charge >= 0.3 is 0 Å². The maximum absolute atomic E-state index is 5.75. The van der Waals surface area contributed by atoms with Gasteiger partial charge in [0.1, 0.15) is 11.5 Å². The zero-order valence-electron chi connectivity index (χ0n) is 16.6. The summed E-state index contributed by atoms with van der Waals surface area (Å²) < 4.78 is 11.5. The third kappa shape index (κ3) is 3.80. The van der Waals surface area contributed by atoms with Crippen LogP contribution in [0.1, 0.15) is 37.8 Å². The molecule has 0 bridgehead atoms. The minimum absolute atomic E-state index is 0.866. The molecule has 26 heavy (non-hydrogen) atoms. The summed E-state index contributed by atoms with van der Waals surface area (Å²) >= 11 is 0. The molecule has 0 unspecified atom stereocenters. The summed E-state index contributed by atoms with van der Waals surface area (Å²) in [6.45, 7) is 7.44. The molecule has 1 aromatic carbocycles. The highest BCUT2D eigenvalue weighted by Gasteiger charge is 2.19. The van der Waals surface area contributed by atoms with E-state index in [1.54, 1.807) is 14.2 Å². The maximum Gasteiger partial charge on any atom is 0.130 e. The van der Waals surface area contributed by atoms with Crippen LogP contribution < -0.4 is 14.8 Å². The largest absolute Gasteiger partial charge is 0.496 e. The highest BCUT2D eigenvalue weighted by atomic mass is 16.5. The Morgan fingerprint density at radius 2 is 1.65 bits per heavy atom. The van der Waals surface area contributed by atoms with Crippen molar-refractivity contribution in [1.82, 2.24) is 10.2 Å². The van der Waals surface area contributed by atoms with Crippen molar-refractivity contribution in [1.29, 1.82) is 0 Å². The zero-order valence-corrected chi connectivity index (χ0v) is 16.6. The van der Waals surface area contributed by atoms with Gasteiger partial charge < -0.3 is 19.7 Å². The van der Waals surface area contributed by atoms with Gasteiger partial charge in [0, 0.05) is 25.4 Å². The summed E-state index contributed by atoms with van der Waals surface area (Å²) in [6, 6.07) is 4.27. The lowest BCUT2D eigenvalue weighted by Gasteiger charge is -2.26. The van der Waals surface area contributed by atoms with Crippen LogP contribution in [0.15, 0.2) is 35.1 Å². The second-order valence-corrected chi connectivity index (χ2v) is 7.21. The van der Waals surface area contributed by atoms with Gasteiger partial charge in [0.05, 0.1) is 19.8 Å². The van der Waals surface area contributed by atoms with Crippen LogP contribution in [0, 0.1) is 0 Å². The first-order valence-corrected chi connectivity index (χ1v) is 9.28. The fraction of sp³-hybridized carbons (Fsp3) is 0.455. The molecule has 2 aliphatic rings. The topological polar surface area (TPSA) is 33.7 Å². The smallest absolute Gasteiger partial charge is 0.130 e. The third-order valence-electron chi connectivity index (χ3n) is 5.33. The average Bonchev–Trinajstić information content (AvgIpc) is 2.65. The van der Waals surface area contributed by atoms with Gasteiger partial charge in [0.15, 0.2) is 0 Å². The van der Waals surface area contributed by atoms with Crippen molar-refractivity contribution in [3.8, 4) is 11.5 Å². The number of allylic oxidation sites excluding steroid dienone is 2. The van der Waals surface area contributed by atoms with E-state index >= 15 is 0 Å². The summed E-state index contributed by atoms with van der Waals surface area (Å²) in [5.74, 6) is 1.73. The first-order valence-electron chi connectivity index (χ1n) is 9.28. The van der Waals surface area contributed by atoms with E-state index in [1.807, 2.05) is 0 Å².